The van der Waals surface area contributed by atoms with Crippen LogP contribution in [0.2, 0.25) is 0 Å². The molecule has 1 atom stereocenters. The maximum Gasteiger partial charge on any atom is 0.190 e. The average molecular weight is 315 g/mol. The Morgan fingerprint density at radius 2 is 2.35 bits per heavy atom. The highest BCUT2D eigenvalue weighted by molar-refractivity contribution is 7.91. The highest BCUT2D eigenvalue weighted by Gasteiger charge is 2.27. The van der Waals surface area contributed by atoms with E-state index in [4.69, 9.17) is 0 Å². The van der Waals surface area contributed by atoms with Gasteiger partial charge in [-0.15, -0.1) is 11.3 Å². The molecule has 0 spiro atoms. The summed E-state index contributed by atoms with van der Waals surface area (Å²) in [5, 5.41) is 8.53. The third-order valence-corrected chi connectivity index (χ3v) is 6.13. The number of guanidine groups is 1. The van der Waals surface area contributed by atoms with E-state index in [9.17, 15) is 8.42 Å². The molecule has 1 aliphatic rings. The first-order valence-electron chi connectivity index (χ1n) is 6.76. The van der Waals surface area contributed by atoms with Crippen molar-refractivity contribution in [2.75, 3.05) is 31.6 Å². The number of nitrogens with one attached hydrogen (secondary N) is 2. The third kappa shape index (κ3) is 4.79. The minimum atomic E-state index is -2.80. The number of hydrogen-bond donors (Lipinski definition) is 2. The Morgan fingerprint density at radius 1 is 1.50 bits per heavy atom. The molecule has 0 bridgehead atoms. The van der Waals surface area contributed by atoms with Gasteiger partial charge in [0.15, 0.2) is 15.8 Å². The molecule has 1 aliphatic heterocycles. The van der Waals surface area contributed by atoms with Crippen molar-refractivity contribution in [2.24, 2.45) is 10.9 Å². The molecule has 112 valence electrons. The summed E-state index contributed by atoms with van der Waals surface area (Å²) in [7, 11) is -1.07. The van der Waals surface area contributed by atoms with Crippen LogP contribution in [0.4, 0.5) is 0 Å². The molecule has 0 radical (unpaired) electrons. The summed E-state index contributed by atoms with van der Waals surface area (Å²) in [6.07, 6.45) is 1.72. The number of thiophene rings is 1. The summed E-state index contributed by atoms with van der Waals surface area (Å²) in [6.45, 7) is 1.49. The van der Waals surface area contributed by atoms with Crippen LogP contribution in [0.15, 0.2) is 22.5 Å². The lowest BCUT2D eigenvalue weighted by Crippen LogP contribution is -2.40. The van der Waals surface area contributed by atoms with Gasteiger partial charge in [-0.25, -0.2) is 8.42 Å². The van der Waals surface area contributed by atoms with E-state index in [0.29, 0.717) is 18.1 Å². The van der Waals surface area contributed by atoms with Gasteiger partial charge in [0.05, 0.1) is 11.5 Å². The van der Waals surface area contributed by atoms with Crippen LogP contribution in [0.5, 0.6) is 0 Å². The summed E-state index contributed by atoms with van der Waals surface area (Å²) in [5.74, 6) is 1.57. The van der Waals surface area contributed by atoms with Crippen molar-refractivity contribution in [1.82, 2.24) is 10.6 Å². The molecule has 1 unspecified atom stereocenters. The number of nitrogens with zero attached hydrogens (tertiary/aromatic N) is 1. The summed E-state index contributed by atoms with van der Waals surface area (Å²) in [4.78, 5) is 5.50. The van der Waals surface area contributed by atoms with Gasteiger partial charge in [-0.05, 0) is 30.2 Å². The van der Waals surface area contributed by atoms with Gasteiger partial charge in [0, 0.05) is 25.0 Å². The van der Waals surface area contributed by atoms with Crippen LogP contribution < -0.4 is 10.6 Å². The van der Waals surface area contributed by atoms with Gasteiger partial charge in [0.1, 0.15) is 0 Å². The van der Waals surface area contributed by atoms with E-state index in [1.165, 1.54) is 4.88 Å². The second kappa shape index (κ2) is 7.08. The van der Waals surface area contributed by atoms with E-state index in [0.717, 1.165) is 25.3 Å². The smallest absolute Gasteiger partial charge is 0.190 e. The summed E-state index contributed by atoms with van der Waals surface area (Å²) >= 11 is 1.75. The largest absolute Gasteiger partial charge is 0.356 e. The zero-order chi connectivity index (χ0) is 14.4. The molecule has 1 aromatic heterocycles. The molecule has 7 heteroatoms. The Labute approximate surface area is 124 Å². The number of aliphatic imine (C=N–C) groups is 1. The molecule has 1 fully saturated rings. The fraction of sp³-hybridized carbons (Fsp3) is 0.615. The minimum absolute atomic E-state index is 0.204. The van der Waals surface area contributed by atoms with E-state index >= 15 is 0 Å². The quantitative estimate of drug-likeness (QED) is 0.625. The molecule has 20 heavy (non-hydrogen) atoms. The summed E-state index contributed by atoms with van der Waals surface area (Å²) < 4.78 is 22.8. The Balaban J connectivity index is 1.68. The van der Waals surface area contributed by atoms with Gasteiger partial charge < -0.3 is 10.6 Å². The van der Waals surface area contributed by atoms with Gasteiger partial charge in [0.2, 0.25) is 0 Å². The second-order valence-corrected chi connectivity index (χ2v) is 8.24. The number of sulfone groups is 1. The molecule has 0 saturated carbocycles. The number of hydrogen-bond acceptors (Lipinski definition) is 4. The average Bonchev–Trinajstić information content (AvgIpc) is 3.03. The van der Waals surface area contributed by atoms with Crippen LogP contribution in [-0.4, -0.2) is 46.0 Å². The van der Waals surface area contributed by atoms with E-state index < -0.39 is 9.84 Å². The SMILES string of the molecule is CN=C(NCCc1cccs1)NCC1CCS(=O)(=O)C1. The van der Waals surface area contributed by atoms with Crippen LogP contribution in [0.25, 0.3) is 0 Å². The van der Waals surface area contributed by atoms with Gasteiger partial charge in [-0.3, -0.25) is 4.99 Å². The molecule has 1 saturated heterocycles. The van der Waals surface area contributed by atoms with E-state index in [2.05, 4.69) is 27.1 Å². The van der Waals surface area contributed by atoms with Gasteiger partial charge >= 0.3 is 0 Å². The third-order valence-electron chi connectivity index (χ3n) is 3.35. The first-order valence-corrected chi connectivity index (χ1v) is 9.46. The predicted octanol–water partition coefficient (Wildman–Crippen LogP) is 0.890. The molecule has 0 aromatic carbocycles. The van der Waals surface area contributed by atoms with Gasteiger partial charge in [0.25, 0.3) is 0 Å². The lowest BCUT2D eigenvalue weighted by molar-refractivity contribution is 0.567. The molecule has 2 N–H and O–H groups in total. The Morgan fingerprint density at radius 3 is 2.95 bits per heavy atom. The van der Waals surface area contributed by atoms with Crippen LogP contribution in [0, 0.1) is 5.92 Å². The van der Waals surface area contributed by atoms with Crippen LogP contribution in [0.1, 0.15) is 11.3 Å². The van der Waals surface area contributed by atoms with Crippen molar-refractivity contribution in [1.29, 1.82) is 0 Å². The highest BCUT2D eigenvalue weighted by atomic mass is 32.2. The summed E-state index contributed by atoms with van der Waals surface area (Å²) in [6, 6.07) is 4.17. The lowest BCUT2D eigenvalue weighted by Gasteiger charge is -2.14. The van der Waals surface area contributed by atoms with Gasteiger partial charge in [-0.1, -0.05) is 6.07 Å². The zero-order valence-corrected chi connectivity index (χ0v) is 13.3. The minimum Gasteiger partial charge on any atom is -0.356 e. The summed E-state index contributed by atoms with van der Waals surface area (Å²) in [5.41, 5.74) is 0. The predicted molar refractivity (Wildman–Crippen MR) is 84.1 cm³/mol. The van der Waals surface area contributed by atoms with Crippen molar-refractivity contribution in [3.63, 3.8) is 0 Å². The van der Waals surface area contributed by atoms with Crippen molar-refractivity contribution >= 4 is 27.1 Å². The first-order chi connectivity index (χ1) is 9.59. The van der Waals surface area contributed by atoms with Crippen molar-refractivity contribution in [3.05, 3.63) is 22.4 Å². The van der Waals surface area contributed by atoms with Crippen molar-refractivity contribution < 1.29 is 8.42 Å². The standard InChI is InChI=1S/C13H21N3O2S2/c1-14-13(15-6-4-12-3-2-7-19-12)16-9-11-5-8-20(17,18)10-11/h2-3,7,11H,4-6,8-10H2,1H3,(H2,14,15,16). The first kappa shape index (κ1) is 15.3. The van der Waals surface area contributed by atoms with E-state index in [-0.39, 0.29) is 5.92 Å². The maximum atomic E-state index is 11.4. The molecule has 2 rings (SSSR count). The molecule has 5 nitrogen and oxygen atoms in total. The molecule has 2 heterocycles. The van der Waals surface area contributed by atoms with Gasteiger partial charge in [-0.2, -0.15) is 0 Å². The monoisotopic (exact) mass is 315 g/mol. The molecular weight excluding hydrogens is 294 g/mol. The Kier molecular flexibility index (Phi) is 5.42. The number of rotatable bonds is 5. The lowest BCUT2D eigenvalue weighted by atomic mass is 10.1. The van der Waals surface area contributed by atoms with Crippen LogP contribution in [0.3, 0.4) is 0 Å². The Hall–Kier alpha value is -1.08. The van der Waals surface area contributed by atoms with Crippen LogP contribution >= 0.6 is 11.3 Å². The molecule has 1 aromatic rings. The van der Waals surface area contributed by atoms with Crippen LogP contribution in [-0.2, 0) is 16.3 Å². The molecule has 0 amide bonds. The fourth-order valence-corrected chi connectivity index (χ4v) is 4.82. The topological polar surface area (TPSA) is 70.6 Å². The highest BCUT2D eigenvalue weighted by Crippen LogP contribution is 2.17. The molecule has 0 aliphatic carbocycles. The van der Waals surface area contributed by atoms with E-state index in [1.807, 2.05) is 6.07 Å². The fourth-order valence-electron chi connectivity index (χ4n) is 2.25. The molecular formula is C13H21N3O2S2. The second-order valence-electron chi connectivity index (χ2n) is 4.98. The van der Waals surface area contributed by atoms with E-state index in [1.54, 1.807) is 18.4 Å². The zero-order valence-electron chi connectivity index (χ0n) is 11.6. The maximum absolute atomic E-state index is 11.4. The van der Waals surface area contributed by atoms with Crippen molar-refractivity contribution in [3.8, 4) is 0 Å². The normalized spacial score (nSPS) is 21.9. The Bertz CT molecular complexity index is 538. The van der Waals surface area contributed by atoms with Crippen molar-refractivity contribution in [2.45, 2.75) is 12.8 Å².